The molecule has 22 heavy (non-hydrogen) atoms. The molecular formula is C20H33NO. The third kappa shape index (κ3) is 5.73. The zero-order valence-electron chi connectivity index (χ0n) is 14.5. The zero-order chi connectivity index (χ0) is 15.6. The van der Waals surface area contributed by atoms with Crippen molar-refractivity contribution in [3.05, 3.63) is 35.4 Å². The van der Waals surface area contributed by atoms with Gasteiger partial charge in [0.1, 0.15) is 0 Å². The van der Waals surface area contributed by atoms with Crippen molar-refractivity contribution in [3.8, 4) is 0 Å². The fraction of sp³-hybridized carbons (Fsp3) is 0.700. The first-order chi connectivity index (χ1) is 10.8. The first-order valence-electron chi connectivity index (χ1n) is 9.24. The van der Waals surface area contributed by atoms with Crippen LogP contribution in [0.5, 0.6) is 0 Å². The average molecular weight is 303 g/mol. The summed E-state index contributed by atoms with van der Waals surface area (Å²) >= 11 is 0. The molecule has 0 spiro atoms. The van der Waals surface area contributed by atoms with Crippen LogP contribution in [0.25, 0.3) is 0 Å². The molecule has 1 heterocycles. The number of ether oxygens (including phenoxy) is 1. The van der Waals surface area contributed by atoms with Gasteiger partial charge in [0.05, 0.1) is 6.10 Å². The van der Waals surface area contributed by atoms with Gasteiger partial charge < -0.3 is 4.74 Å². The lowest BCUT2D eigenvalue weighted by Crippen LogP contribution is -2.33. The highest BCUT2D eigenvalue weighted by molar-refractivity contribution is 5.28. The summed E-state index contributed by atoms with van der Waals surface area (Å²) in [5.41, 5.74) is 3.06. The minimum Gasteiger partial charge on any atom is -0.378 e. The number of unbranched alkanes of at least 4 members (excludes halogenated alkanes) is 3. The van der Waals surface area contributed by atoms with Crippen molar-refractivity contribution in [2.24, 2.45) is 0 Å². The fourth-order valence-electron chi connectivity index (χ4n) is 3.26. The molecule has 0 fully saturated rings. The molecule has 1 aliphatic rings. The van der Waals surface area contributed by atoms with E-state index in [1.807, 2.05) is 0 Å². The summed E-state index contributed by atoms with van der Waals surface area (Å²) in [6.07, 6.45) is 9.13. The maximum Gasteiger partial charge on any atom is 0.0584 e. The Morgan fingerprint density at radius 2 is 1.91 bits per heavy atom. The zero-order valence-corrected chi connectivity index (χ0v) is 14.5. The molecule has 1 aliphatic heterocycles. The van der Waals surface area contributed by atoms with E-state index in [-0.39, 0.29) is 0 Å². The molecule has 0 amide bonds. The lowest BCUT2D eigenvalue weighted by Gasteiger charge is -2.30. The number of benzene rings is 1. The highest BCUT2D eigenvalue weighted by atomic mass is 16.5. The summed E-state index contributed by atoms with van der Waals surface area (Å²) in [6, 6.07) is 8.88. The van der Waals surface area contributed by atoms with Crippen molar-refractivity contribution in [1.82, 2.24) is 4.90 Å². The Kier molecular flexibility index (Phi) is 7.96. The summed E-state index contributed by atoms with van der Waals surface area (Å²) < 4.78 is 6.07. The van der Waals surface area contributed by atoms with Crippen LogP contribution in [0.2, 0.25) is 0 Å². The van der Waals surface area contributed by atoms with E-state index in [9.17, 15) is 0 Å². The van der Waals surface area contributed by atoms with Crippen LogP contribution in [-0.2, 0) is 17.7 Å². The van der Waals surface area contributed by atoms with Crippen LogP contribution in [0.15, 0.2) is 24.3 Å². The van der Waals surface area contributed by atoms with E-state index in [0.29, 0.717) is 6.10 Å². The van der Waals surface area contributed by atoms with Crippen molar-refractivity contribution in [2.45, 2.75) is 71.4 Å². The van der Waals surface area contributed by atoms with Gasteiger partial charge in [-0.25, -0.2) is 0 Å². The molecule has 0 radical (unpaired) electrons. The van der Waals surface area contributed by atoms with Gasteiger partial charge >= 0.3 is 0 Å². The van der Waals surface area contributed by atoms with Gasteiger partial charge in [-0.2, -0.15) is 0 Å². The van der Waals surface area contributed by atoms with Crippen LogP contribution in [0.4, 0.5) is 0 Å². The largest absolute Gasteiger partial charge is 0.378 e. The normalized spacial score (nSPS) is 16.5. The van der Waals surface area contributed by atoms with E-state index >= 15 is 0 Å². The molecule has 0 N–H and O–H groups in total. The molecule has 2 heteroatoms. The molecule has 1 unspecified atom stereocenters. The Balaban J connectivity index is 1.66. The Hall–Kier alpha value is -0.860. The minimum atomic E-state index is 0.443. The lowest BCUT2D eigenvalue weighted by atomic mass is 9.99. The third-order valence-electron chi connectivity index (χ3n) is 4.78. The van der Waals surface area contributed by atoms with Crippen LogP contribution in [0.3, 0.4) is 0 Å². The van der Waals surface area contributed by atoms with E-state index < -0.39 is 0 Å². The summed E-state index contributed by atoms with van der Waals surface area (Å²) in [5.74, 6) is 0. The van der Waals surface area contributed by atoms with Gasteiger partial charge in [-0.1, -0.05) is 57.4 Å². The van der Waals surface area contributed by atoms with Gasteiger partial charge in [-0.05, 0) is 36.8 Å². The molecule has 2 nitrogen and oxygen atoms in total. The second-order valence-electron chi connectivity index (χ2n) is 6.55. The fourth-order valence-corrected chi connectivity index (χ4v) is 3.26. The van der Waals surface area contributed by atoms with E-state index in [4.69, 9.17) is 4.74 Å². The van der Waals surface area contributed by atoms with E-state index in [1.54, 1.807) is 0 Å². The number of hydrogen-bond donors (Lipinski definition) is 0. The molecule has 0 saturated carbocycles. The van der Waals surface area contributed by atoms with Gasteiger partial charge in [-0.3, -0.25) is 4.90 Å². The SMILES string of the molecule is CCCCCCOC(CC)CCN1CCc2ccccc2C1. The molecule has 1 aromatic carbocycles. The second-order valence-corrected chi connectivity index (χ2v) is 6.55. The van der Waals surface area contributed by atoms with Crippen molar-refractivity contribution >= 4 is 0 Å². The Labute approximate surface area is 136 Å². The molecule has 124 valence electrons. The van der Waals surface area contributed by atoms with Crippen molar-refractivity contribution in [2.75, 3.05) is 19.7 Å². The lowest BCUT2D eigenvalue weighted by molar-refractivity contribution is 0.0341. The molecule has 0 aromatic heterocycles. The van der Waals surface area contributed by atoms with E-state index in [2.05, 4.69) is 43.0 Å². The van der Waals surface area contributed by atoms with Crippen molar-refractivity contribution in [1.29, 1.82) is 0 Å². The first-order valence-corrected chi connectivity index (χ1v) is 9.24. The van der Waals surface area contributed by atoms with Crippen molar-refractivity contribution < 1.29 is 4.74 Å². The van der Waals surface area contributed by atoms with Gasteiger partial charge in [0.2, 0.25) is 0 Å². The van der Waals surface area contributed by atoms with Gasteiger partial charge in [-0.15, -0.1) is 0 Å². The summed E-state index contributed by atoms with van der Waals surface area (Å²) in [4.78, 5) is 2.59. The molecule has 0 aliphatic carbocycles. The highest BCUT2D eigenvalue weighted by Gasteiger charge is 2.16. The molecule has 1 atom stereocenters. The van der Waals surface area contributed by atoms with Gasteiger partial charge in [0, 0.05) is 26.2 Å². The van der Waals surface area contributed by atoms with Crippen LogP contribution in [0.1, 0.15) is 63.5 Å². The molecular weight excluding hydrogens is 270 g/mol. The minimum absolute atomic E-state index is 0.443. The Morgan fingerprint density at radius 1 is 1.09 bits per heavy atom. The number of rotatable bonds is 10. The van der Waals surface area contributed by atoms with E-state index in [1.165, 1.54) is 62.7 Å². The number of fused-ring (bicyclic) bond motifs is 1. The predicted molar refractivity (Wildman–Crippen MR) is 94.2 cm³/mol. The standard InChI is InChI=1S/C20H33NO/c1-3-5-6-9-16-22-20(4-2)13-15-21-14-12-18-10-7-8-11-19(18)17-21/h7-8,10-11,20H,3-6,9,12-17H2,1-2H3. The van der Waals surface area contributed by atoms with Gasteiger partial charge in [0.25, 0.3) is 0 Å². The Bertz CT molecular complexity index is 418. The van der Waals surface area contributed by atoms with Crippen molar-refractivity contribution in [3.63, 3.8) is 0 Å². The van der Waals surface area contributed by atoms with Crippen LogP contribution in [-0.4, -0.2) is 30.7 Å². The Morgan fingerprint density at radius 3 is 2.68 bits per heavy atom. The molecule has 1 aromatic rings. The molecule has 0 saturated heterocycles. The average Bonchev–Trinajstić information content (AvgIpc) is 2.57. The monoisotopic (exact) mass is 303 g/mol. The topological polar surface area (TPSA) is 12.5 Å². The van der Waals surface area contributed by atoms with Gasteiger partial charge in [0.15, 0.2) is 0 Å². The van der Waals surface area contributed by atoms with Crippen LogP contribution in [0, 0.1) is 0 Å². The molecule has 0 bridgehead atoms. The maximum atomic E-state index is 6.07. The van der Waals surface area contributed by atoms with Crippen LogP contribution < -0.4 is 0 Å². The number of hydrogen-bond acceptors (Lipinski definition) is 2. The smallest absolute Gasteiger partial charge is 0.0584 e. The summed E-state index contributed by atoms with van der Waals surface area (Å²) in [7, 11) is 0. The number of nitrogens with zero attached hydrogens (tertiary/aromatic N) is 1. The van der Waals surface area contributed by atoms with Crippen LogP contribution >= 0.6 is 0 Å². The van der Waals surface area contributed by atoms with E-state index in [0.717, 1.165) is 19.6 Å². The molecule has 2 rings (SSSR count). The highest BCUT2D eigenvalue weighted by Crippen LogP contribution is 2.19. The second kappa shape index (κ2) is 10.0. The first kappa shape index (κ1) is 17.5. The summed E-state index contributed by atoms with van der Waals surface area (Å²) in [5, 5.41) is 0. The summed E-state index contributed by atoms with van der Waals surface area (Å²) in [6.45, 7) is 8.94. The maximum absolute atomic E-state index is 6.07. The predicted octanol–water partition coefficient (Wildman–Crippen LogP) is 4.81. The quantitative estimate of drug-likeness (QED) is 0.575. The third-order valence-corrected chi connectivity index (χ3v) is 4.78.